The molecule has 1 saturated carbocycles. The van der Waals surface area contributed by atoms with Crippen LogP contribution in [0.25, 0.3) is 0 Å². The number of benzene rings is 1. The van der Waals surface area contributed by atoms with Crippen LogP contribution in [0, 0.1) is 16.7 Å². The van der Waals surface area contributed by atoms with Crippen molar-refractivity contribution in [2.75, 3.05) is 11.1 Å². The van der Waals surface area contributed by atoms with Crippen LogP contribution in [0.2, 0.25) is 0 Å². The van der Waals surface area contributed by atoms with Crippen LogP contribution in [0.3, 0.4) is 0 Å². The van der Waals surface area contributed by atoms with Crippen LogP contribution >= 0.6 is 31.9 Å². The van der Waals surface area contributed by atoms with Crippen molar-refractivity contribution in [2.45, 2.75) is 27.7 Å². The molecule has 2 rings (SSSR count). The lowest BCUT2D eigenvalue weighted by Gasteiger charge is -2.11. The van der Waals surface area contributed by atoms with Crippen molar-refractivity contribution in [3.63, 3.8) is 0 Å². The maximum Gasteiger partial charge on any atom is 0.228 e. The van der Waals surface area contributed by atoms with Crippen molar-refractivity contribution < 1.29 is 4.79 Å². The molecule has 0 spiro atoms. The van der Waals surface area contributed by atoms with Crippen LogP contribution in [0.15, 0.2) is 21.1 Å². The molecule has 0 saturated heterocycles. The molecule has 1 amide bonds. The first-order valence-electron chi connectivity index (χ1n) is 6.14. The van der Waals surface area contributed by atoms with Crippen molar-refractivity contribution in [3.05, 3.63) is 21.1 Å². The fraction of sp³-hybridized carbons (Fsp3) is 0.500. The van der Waals surface area contributed by atoms with Gasteiger partial charge in [-0.3, -0.25) is 4.79 Å². The number of amides is 1. The molecular formula is C14H18Br2N2O. The second kappa shape index (κ2) is 4.48. The summed E-state index contributed by atoms with van der Waals surface area (Å²) in [5, 5.41) is 2.99. The van der Waals surface area contributed by atoms with E-state index in [1.807, 2.05) is 0 Å². The zero-order valence-corrected chi connectivity index (χ0v) is 14.6. The molecule has 0 aromatic heterocycles. The van der Waals surface area contributed by atoms with E-state index in [0.717, 1.165) is 14.6 Å². The molecular weight excluding hydrogens is 372 g/mol. The second-order valence-corrected chi connectivity index (χ2v) is 7.93. The van der Waals surface area contributed by atoms with Gasteiger partial charge in [0.25, 0.3) is 0 Å². The highest BCUT2D eigenvalue weighted by Gasteiger charge is 2.68. The predicted molar refractivity (Wildman–Crippen MR) is 85.9 cm³/mol. The highest BCUT2D eigenvalue weighted by atomic mass is 79.9. The minimum atomic E-state index is 0.0244. The van der Waals surface area contributed by atoms with Crippen LogP contribution in [0.5, 0.6) is 0 Å². The van der Waals surface area contributed by atoms with Gasteiger partial charge in [-0.05, 0) is 54.8 Å². The molecule has 1 aromatic rings. The van der Waals surface area contributed by atoms with E-state index in [4.69, 9.17) is 5.73 Å². The van der Waals surface area contributed by atoms with Gasteiger partial charge in [0.1, 0.15) is 0 Å². The number of hydrogen-bond acceptors (Lipinski definition) is 2. The van der Waals surface area contributed by atoms with E-state index in [1.165, 1.54) is 0 Å². The topological polar surface area (TPSA) is 55.1 Å². The van der Waals surface area contributed by atoms with Crippen LogP contribution in [-0.2, 0) is 4.79 Å². The highest BCUT2D eigenvalue weighted by molar-refractivity contribution is 9.11. The molecule has 19 heavy (non-hydrogen) atoms. The fourth-order valence-electron chi connectivity index (χ4n) is 2.76. The van der Waals surface area contributed by atoms with E-state index in [0.29, 0.717) is 5.69 Å². The summed E-state index contributed by atoms with van der Waals surface area (Å²) >= 11 is 6.86. The minimum absolute atomic E-state index is 0.0244. The normalized spacial score (nSPS) is 20.1. The highest BCUT2D eigenvalue weighted by Crippen LogP contribution is 2.68. The van der Waals surface area contributed by atoms with E-state index in [2.05, 4.69) is 64.9 Å². The number of hydrogen-bond donors (Lipinski definition) is 2. The standard InChI is InChI=1S/C14H18Br2N2O/c1-13(2)11(14(13,3)4)12(19)18-10-8(15)5-7(17)6-9(10)16/h5-6,11H,17H2,1-4H3,(H,18,19). The third-order valence-electron chi connectivity index (χ3n) is 4.60. The van der Waals surface area contributed by atoms with Crippen LogP contribution in [0.4, 0.5) is 11.4 Å². The van der Waals surface area contributed by atoms with Crippen molar-refractivity contribution in [1.82, 2.24) is 0 Å². The quantitative estimate of drug-likeness (QED) is 0.735. The smallest absolute Gasteiger partial charge is 0.228 e. The summed E-state index contributed by atoms with van der Waals surface area (Å²) in [6.07, 6.45) is 0. The summed E-state index contributed by atoms with van der Waals surface area (Å²) in [6, 6.07) is 3.56. The Morgan fingerprint density at radius 3 is 1.95 bits per heavy atom. The number of nitrogens with two attached hydrogens (primary N) is 1. The first-order valence-corrected chi connectivity index (χ1v) is 7.73. The van der Waals surface area contributed by atoms with Crippen molar-refractivity contribution in [1.29, 1.82) is 0 Å². The van der Waals surface area contributed by atoms with Gasteiger partial charge in [-0.1, -0.05) is 27.7 Å². The number of nitrogens with one attached hydrogen (secondary N) is 1. The van der Waals surface area contributed by atoms with E-state index < -0.39 is 0 Å². The first kappa shape index (κ1) is 14.9. The molecule has 0 bridgehead atoms. The zero-order valence-electron chi connectivity index (χ0n) is 11.5. The summed E-state index contributed by atoms with van der Waals surface area (Å²) in [4.78, 5) is 12.4. The zero-order chi connectivity index (χ0) is 14.6. The van der Waals surface area contributed by atoms with E-state index >= 15 is 0 Å². The summed E-state index contributed by atoms with van der Waals surface area (Å²) in [7, 11) is 0. The Kier molecular flexibility index (Phi) is 3.51. The molecule has 1 aromatic carbocycles. The van der Waals surface area contributed by atoms with Gasteiger partial charge in [0, 0.05) is 20.6 Å². The maximum atomic E-state index is 12.4. The van der Waals surface area contributed by atoms with Gasteiger partial charge >= 0.3 is 0 Å². The second-order valence-electron chi connectivity index (χ2n) is 6.23. The van der Waals surface area contributed by atoms with Gasteiger partial charge in [-0.25, -0.2) is 0 Å². The van der Waals surface area contributed by atoms with Gasteiger partial charge in [0.2, 0.25) is 5.91 Å². The number of anilines is 2. The molecule has 1 fully saturated rings. The monoisotopic (exact) mass is 388 g/mol. The Morgan fingerprint density at radius 1 is 1.16 bits per heavy atom. The number of halogens is 2. The number of nitrogen functional groups attached to an aromatic ring is 1. The molecule has 1 aliphatic rings. The predicted octanol–water partition coefficient (Wildman–Crippen LogP) is 4.41. The Bertz CT molecular complexity index is 515. The Hall–Kier alpha value is -0.550. The average molecular weight is 390 g/mol. The summed E-state index contributed by atoms with van der Waals surface area (Å²) in [5.74, 6) is 0.0810. The largest absolute Gasteiger partial charge is 0.399 e. The van der Waals surface area contributed by atoms with Crippen LogP contribution < -0.4 is 11.1 Å². The summed E-state index contributed by atoms with van der Waals surface area (Å²) in [5.41, 5.74) is 7.18. The molecule has 0 heterocycles. The molecule has 1 aliphatic carbocycles. The molecule has 0 aliphatic heterocycles. The van der Waals surface area contributed by atoms with E-state index in [1.54, 1.807) is 12.1 Å². The van der Waals surface area contributed by atoms with Crippen molar-refractivity contribution in [2.24, 2.45) is 16.7 Å². The lowest BCUT2D eigenvalue weighted by Crippen LogP contribution is -2.18. The van der Waals surface area contributed by atoms with Crippen molar-refractivity contribution >= 4 is 49.1 Å². The Labute approximate surface area is 130 Å². The number of carbonyl (C=O) groups excluding carboxylic acids is 1. The Balaban J connectivity index is 2.23. The van der Waals surface area contributed by atoms with E-state index in [9.17, 15) is 4.79 Å². The van der Waals surface area contributed by atoms with Gasteiger partial charge in [-0.2, -0.15) is 0 Å². The SMILES string of the molecule is CC1(C)C(C(=O)Nc2c(Br)cc(N)cc2Br)C1(C)C. The first-order chi connectivity index (χ1) is 8.59. The van der Waals surface area contributed by atoms with Gasteiger partial charge in [0.05, 0.1) is 5.69 Å². The lowest BCUT2D eigenvalue weighted by atomic mass is 10.0. The molecule has 5 heteroatoms. The summed E-state index contributed by atoms with van der Waals surface area (Å²) < 4.78 is 1.56. The summed E-state index contributed by atoms with van der Waals surface area (Å²) in [6.45, 7) is 8.52. The number of rotatable bonds is 2. The lowest BCUT2D eigenvalue weighted by molar-refractivity contribution is -0.118. The number of carbonyl (C=O) groups is 1. The average Bonchev–Trinajstić information content (AvgIpc) is 2.63. The maximum absolute atomic E-state index is 12.4. The fourth-order valence-corrected chi connectivity index (χ4v) is 4.18. The molecule has 3 N–H and O–H groups in total. The van der Waals surface area contributed by atoms with E-state index in [-0.39, 0.29) is 22.7 Å². The molecule has 104 valence electrons. The molecule has 0 unspecified atom stereocenters. The van der Waals surface area contributed by atoms with Gasteiger partial charge in [-0.15, -0.1) is 0 Å². The third-order valence-corrected chi connectivity index (χ3v) is 5.85. The molecule has 0 atom stereocenters. The minimum Gasteiger partial charge on any atom is -0.399 e. The third kappa shape index (κ3) is 2.31. The molecule has 0 radical (unpaired) electrons. The Morgan fingerprint density at radius 2 is 1.58 bits per heavy atom. The van der Waals surface area contributed by atoms with Crippen molar-refractivity contribution in [3.8, 4) is 0 Å². The van der Waals surface area contributed by atoms with Gasteiger partial charge < -0.3 is 11.1 Å². The molecule has 3 nitrogen and oxygen atoms in total. The van der Waals surface area contributed by atoms with Crippen LogP contribution in [0.1, 0.15) is 27.7 Å². The van der Waals surface area contributed by atoms with Crippen LogP contribution in [-0.4, -0.2) is 5.91 Å². The van der Waals surface area contributed by atoms with Gasteiger partial charge in [0.15, 0.2) is 0 Å².